The van der Waals surface area contributed by atoms with Gasteiger partial charge in [0.15, 0.2) is 11.5 Å². The molecule has 7 nitrogen and oxygen atoms in total. The summed E-state index contributed by atoms with van der Waals surface area (Å²) in [6, 6.07) is 44.1. The van der Waals surface area contributed by atoms with Gasteiger partial charge in [0, 0.05) is 0 Å². The lowest BCUT2D eigenvalue weighted by Crippen LogP contribution is -2.21. The van der Waals surface area contributed by atoms with E-state index in [0.29, 0.717) is 27.9 Å². The fourth-order valence-corrected chi connectivity index (χ4v) is 11.5. The van der Waals surface area contributed by atoms with Crippen LogP contribution in [0.1, 0.15) is 22.3 Å². The summed E-state index contributed by atoms with van der Waals surface area (Å²) in [5.74, 6) is 1.94. The second kappa shape index (κ2) is 13.2. The van der Waals surface area contributed by atoms with Crippen molar-refractivity contribution < 1.29 is 22.9 Å². The number of benzene rings is 6. The number of methoxy groups -OCH3 is 1. The topological polar surface area (TPSA) is 68.3 Å². The Kier molecular flexibility index (Phi) is 8.82. The Labute approximate surface area is 293 Å². The van der Waals surface area contributed by atoms with Crippen LogP contribution in [-0.2, 0) is 9.13 Å². The molecule has 2 aliphatic rings. The Morgan fingerprint density at radius 1 is 0.500 bits per heavy atom. The molecule has 0 aromatic heterocycles. The molecule has 0 N–H and O–H groups in total. The summed E-state index contributed by atoms with van der Waals surface area (Å²) < 4.78 is 49.5. The Bertz CT molecular complexity index is 2270. The van der Waals surface area contributed by atoms with Crippen molar-refractivity contribution in [3.05, 3.63) is 162 Å². The van der Waals surface area contributed by atoms with Crippen molar-refractivity contribution in [1.29, 1.82) is 0 Å². The molecule has 0 radical (unpaired) electrons. The molecule has 0 aliphatic carbocycles. The maximum atomic E-state index is 14.1. The molecule has 2 aliphatic heterocycles. The lowest BCUT2D eigenvalue weighted by atomic mass is 10.0. The predicted octanol–water partition coefficient (Wildman–Crippen LogP) is 10.7. The van der Waals surface area contributed by atoms with Gasteiger partial charge in [-0.1, -0.05) is 90.5 Å². The van der Waals surface area contributed by atoms with E-state index in [-0.39, 0.29) is 0 Å². The number of fused-ring (bicyclic) bond motifs is 2. The zero-order valence-corrected chi connectivity index (χ0v) is 30.4. The zero-order chi connectivity index (χ0) is 35.0. The van der Waals surface area contributed by atoms with Crippen LogP contribution in [0.2, 0.25) is 0 Å². The molecule has 0 saturated heterocycles. The van der Waals surface area contributed by atoms with Gasteiger partial charge < -0.3 is 13.8 Å². The minimum atomic E-state index is -3.35. The number of ether oxygens (including phenoxy) is 1. The van der Waals surface area contributed by atoms with E-state index in [0.717, 1.165) is 39.4 Å². The highest BCUT2D eigenvalue weighted by Crippen LogP contribution is 2.66. The van der Waals surface area contributed by atoms with Gasteiger partial charge in [-0.3, -0.25) is 9.34 Å². The maximum Gasteiger partial charge on any atom is 0.379 e. The van der Waals surface area contributed by atoms with Crippen LogP contribution in [0.15, 0.2) is 140 Å². The van der Waals surface area contributed by atoms with Crippen molar-refractivity contribution in [1.82, 2.24) is 0 Å². The third-order valence-electron chi connectivity index (χ3n) is 8.80. The molecule has 8 rings (SSSR count). The van der Waals surface area contributed by atoms with Crippen LogP contribution in [0.5, 0.6) is 17.2 Å². The minimum absolute atomic E-state index is 0.611. The van der Waals surface area contributed by atoms with E-state index in [1.165, 1.54) is 5.56 Å². The number of anilines is 4. The van der Waals surface area contributed by atoms with Gasteiger partial charge in [0.05, 0.1) is 40.5 Å². The van der Waals surface area contributed by atoms with Gasteiger partial charge in [0.25, 0.3) is 0 Å². The highest BCUT2D eigenvalue weighted by molar-refractivity contribution is 7.70. The van der Waals surface area contributed by atoms with Crippen LogP contribution in [0.3, 0.4) is 0 Å². The Morgan fingerprint density at radius 3 is 1.42 bits per heavy atom. The van der Waals surface area contributed by atoms with Gasteiger partial charge in [-0.05, 0) is 99.0 Å². The van der Waals surface area contributed by atoms with E-state index in [9.17, 15) is 9.13 Å². The van der Waals surface area contributed by atoms with E-state index in [4.69, 9.17) is 13.8 Å². The van der Waals surface area contributed by atoms with Gasteiger partial charge in [-0.15, -0.1) is 0 Å². The van der Waals surface area contributed by atoms with Gasteiger partial charge >= 0.3 is 15.0 Å². The second-order valence-corrected chi connectivity index (χ2v) is 16.6. The highest BCUT2D eigenvalue weighted by Gasteiger charge is 2.47. The Hall–Kier alpha value is -5.22. The summed E-state index contributed by atoms with van der Waals surface area (Å²) in [5.41, 5.74) is 7.71. The quantitative estimate of drug-likeness (QED) is 0.166. The molecule has 2 heterocycles. The minimum Gasteiger partial charge on any atom is -0.495 e. The molecule has 0 fully saturated rings. The molecule has 0 saturated carbocycles. The number of para-hydroxylation sites is 5. The summed E-state index contributed by atoms with van der Waals surface area (Å²) in [6.07, 6.45) is 0. The van der Waals surface area contributed by atoms with Gasteiger partial charge in [-0.25, -0.2) is 9.13 Å². The average molecular weight is 701 g/mol. The summed E-state index contributed by atoms with van der Waals surface area (Å²) in [6.45, 7) is 8.18. The molecular weight excluding hydrogens is 662 g/mol. The lowest BCUT2D eigenvalue weighted by Gasteiger charge is -2.28. The van der Waals surface area contributed by atoms with Crippen molar-refractivity contribution in [2.75, 3.05) is 16.5 Å². The summed E-state index contributed by atoms with van der Waals surface area (Å²) in [7, 11) is -5.00. The molecule has 2 unspecified atom stereocenters. The van der Waals surface area contributed by atoms with Gasteiger partial charge in [0.2, 0.25) is 0 Å². The van der Waals surface area contributed by atoms with E-state index in [2.05, 4.69) is 32.9 Å². The number of nitrogens with zero attached hydrogens (tertiary/aromatic N) is 2. The maximum absolute atomic E-state index is 14.1. The van der Waals surface area contributed by atoms with Crippen molar-refractivity contribution in [2.45, 2.75) is 27.7 Å². The van der Waals surface area contributed by atoms with Crippen molar-refractivity contribution in [3.8, 4) is 17.2 Å². The first kappa shape index (κ1) is 33.3. The Morgan fingerprint density at radius 2 is 0.940 bits per heavy atom. The van der Waals surface area contributed by atoms with Crippen LogP contribution in [-0.4, -0.2) is 7.11 Å². The normalized spacial score (nSPS) is 18.7. The number of rotatable bonds is 5. The van der Waals surface area contributed by atoms with Crippen molar-refractivity contribution in [3.63, 3.8) is 0 Å². The lowest BCUT2D eigenvalue weighted by molar-refractivity contribution is 0.415. The molecular formula is C41H38N2O5P2. The van der Waals surface area contributed by atoms with E-state index >= 15 is 0 Å². The standard InChI is InChI=1S/C21H20NO2P.C20H18NO3P/c1-15-13-16(2)21(17(3)14-15)22-19-11-7-8-12-20(19)24-25(22,23)18-9-5-4-6-10-18;1-15-9-8-14-19(23-2)20(15)21-17-12-6-7-13-18(17)24-25(21,22)16-10-4-3-5-11-16/h4-14H,1-3H3;3-14H,1-2H3. The van der Waals surface area contributed by atoms with Crippen LogP contribution in [0.25, 0.3) is 0 Å². The first-order chi connectivity index (χ1) is 24.2. The first-order valence-electron chi connectivity index (χ1n) is 16.4. The van der Waals surface area contributed by atoms with Crippen LogP contribution >= 0.6 is 15.0 Å². The Balaban J connectivity index is 0.000000157. The molecule has 252 valence electrons. The summed E-state index contributed by atoms with van der Waals surface area (Å²) in [4.78, 5) is 0. The molecule has 50 heavy (non-hydrogen) atoms. The molecule has 2 atom stereocenters. The van der Waals surface area contributed by atoms with Crippen molar-refractivity contribution >= 4 is 48.4 Å². The third-order valence-corrected chi connectivity index (χ3v) is 13.5. The van der Waals surface area contributed by atoms with E-state index in [1.54, 1.807) is 11.8 Å². The molecule has 0 amide bonds. The number of aryl methyl sites for hydroxylation is 4. The molecule has 6 aromatic rings. The average Bonchev–Trinajstić information content (AvgIpc) is 3.60. The SMILES string of the molecule is COc1cccc(C)c1N1c2ccccc2OP1(=O)c1ccccc1.Cc1cc(C)c(N2c3ccccc3OP2(=O)c2ccccc2)c(C)c1. The number of hydrogen-bond donors (Lipinski definition) is 0. The smallest absolute Gasteiger partial charge is 0.379 e. The van der Waals surface area contributed by atoms with E-state index < -0.39 is 15.0 Å². The van der Waals surface area contributed by atoms with Crippen LogP contribution < -0.4 is 33.7 Å². The first-order valence-corrected chi connectivity index (χ1v) is 19.5. The third kappa shape index (κ3) is 5.67. The largest absolute Gasteiger partial charge is 0.495 e. The predicted molar refractivity (Wildman–Crippen MR) is 204 cm³/mol. The fraction of sp³-hybridized carbons (Fsp3) is 0.122. The summed E-state index contributed by atoms with van der Waals surface area (Å²) in [5, 5.41) is 1.35. The summed E-state index contributed by atoms with van der Waals surface area (Å²) >= 11 is 0. The molecule has 6 aromatic carbocycles. The van der Waals surface area contributed by atoms with Crippen molar-refractivity contribution in [2.24, 2.45) is 0 Å². The van der Waals surface area contributed by atoms with E-state index in [1.807, 2.05) is 139 Å². The molecule has 0 bridgehead atoms. The second-order valence-electron chi connectivity index (χ2n) is 12.3. The van der Waals surface area contributed by atoms with Crippen LogP contribution in [0.4, 0.5) is 22.7 Å². The fourth-order valence-electron chi connectivity index (χ4n) is 6.70. The van der Waals surface area contributed by atoms with Gasteiger partial charge in [-0.2, -0.15) is 0 Å². The van der Waals surface area contributed by atoms with Crippen LogP contribution in [0, 0.1) is 27.7 Å². The monoisotopic (exact) mass is 700 g/mol. The number of hydrogen-bond acceptors (Lipinski definition) is 5. The molecule has 0 spiro atoms. The molecule has 9 heteroatoms. The zero-order valence-electron chi connectivity index (χ0n) is 28.6. The van der Waals surface area contributed by atoms with Gasteiger partial charge in [0.1, 0.15) is 5.75 Å². The highest BCUT2D eigenvalue weighted by atomic mass is 31.2.